The Morgan fingerprint density at radius 2 is 1.72 bits per heavy atom. The molecule has 3 N–H and O–H groups in total. The highest BCUT2D eigenvalue weighted by Gasteiger charge is 2.70. The van der Waals surface area contributed by atoms with Crippen molar-refractivity contribution < 1.29 is 52.1 Å². The molecule has 0 spiro atoms. The first-order chi connectivity index (χ1) is 27.6. The summed E-state index contributed by atoms with van der Waals surface area (Å²) in [5.41, 5.74) is 0.845. The minimum Gasteiger partial charge on any atom is -0.504 e. The van der Waals surface area contributed by atoms with Gasteiger partial charge in [0.15, 0.2) is 17.3 Å². The van der Waals surface area contributed by atoms with Crippen LogP contribution in [-0.2, 0) is 30.8 Å². The van der Waals surface area contributed by atoms with E-state index >= 15 is 4.79 Å². The lowest BCUT2D eigenvalue weighted by atomic mass is 9.49. The number of nitrogens with zero attached hydrogens (tertiary/aromatic N) is 3. The van der Waals surface area contributed by atoms with Gasteiger partial charge in [0.25, 0.3) is 11.8 Å². The fraction of sp³-hybridized carbons (Fsp3) is 0.268. The number of hydrogen-bond acceptors (Lipinski definition) is 9. The third-order valence-corrected chi connectivity index (χ3v) is 12.1. The number of carbonyl (C=O) groups is 5. The molecule has 298 valence electrons. The molecule has 2 aliphatic heterocycles. The molecular weight excluding hydrogens is 804 g/mol. The van der Waals surface area contributed by atoms with Crippen LogP contribution in [-0.4, -0.2) is 56.4 Å². The molecule has 3 heterocycles. The third kappa shape index (κ3) is 5.97. The number of fused-ring (bicyclic) bond motifs is 4. The van der Waals surface area contributed by atoms with Crippen molar-refractivity contribution in [3.05, 3.63) is 123 Å². The van der Waals surface area contributed by atoms with Crippen molar-refractivity contribution >= 4 is 64.3 Å². The zero-order valence-corrected chi connectivity index (χ0v) is 31.7. The summed E-state index contributed by atoms with van der Waals surface area (Å²) in [6.07, 6.45) is -2.56. The number of amides is 4. The number of aromatic hydroxyl groups is 1. The summed E-state index contributed by atoms with van der Waals surface area (Å²) in [6.45, 7) is 1.87. The second-order valence-electron chi connectivity index (χ2n) is 14.4. The number of ether oxygens (including phenoxy) is 1. The van der Waals surface area contributed by atoms with Crippen LogP contribution in [0.5, 0.6) is 11.5 Å². The molecule has 1 aromatic heterocycles. The molecule has 58 heavy (non-hydrogen) atoms. The minimum absolute atomic E-state index is 0.0552. The van der Waals surface area contributed by atoms with Crippen molar-refractivity contribution in [1.29, 1.82) is 0 Å². The van der Waals surface area contributed by atoms with Gasteiger partial charge < -0.3 is 14.9 Å². The number of allylic oxidation sites excluding steroid dienone is 2. The maximum absolute atomic E-state index is 15.4. The van der Waals surface area contributed by atoms with Crippen molar-refractivity contribution in [1.82, 2.24) is 9.99 Å². The van der Waals surface area contributed by atoms with E-state index in [1.807, 2.05) is 0 Å². The van der Waals surface area contributed by atoms with Gasteiger partial charge in [-0.25, -0.2) is 9.78 Å². The second-order valence-corrected chi connectivity index (χ2v) is 15.3. The van der Waals surface area contributed by atoms with Crippen molar-refractivity contribution in [3.63, 3.8) is 0 Å². The van der Waals surface area contributed by atoms with E-state index in [9.17, 15) is 42.6 Å². The van der Waals surface area contributed by atoms with Crippen molar-refractivity contribution in [2.75, 3.05) is 16.9 Å². The zero-order chi connectivity index (χ0) is 41.4. The molecule has 2 aliphatic carbocycles. The molecule has 12 nitrogen and oxygen atoms in total. The van der Waals surface area contributed by atoms with Crippen molar-refractivity contribution in [2.45, 2.75) is 37.3 Å². The number of anilines is 2. The quantitative estimate of drug-likeness (QED) is 0.120. The van der Waals surface area contributed by atoms with Gasteiger partial charge in [0.1, 0.15) is 0 Å². The Hall–Kier alpha value is -5.93. The number of nitrogens with one attached hydrogen (secondary N) is 1. The van der Waals surface area contributed by atoms with Gasteiger partial charge in [0.05, 0.1) is 51.6 Å². The number of aromatic carboxylic acids is 1. The first-order valence-corrected chi connectivity index (χ1v) is 18.8. The van der Waals surface area contributed by atoms with Crippen molar-refractivity contribution in [3.8, 4) is 11.5 Å². The number of hydrogen-bond donors (Lipinski definition) is 3. The molecule has 4 amide bonds. The summed E-state index contributed by atoms with van der Waals surface area (Å²) in [5.74, 6) is -9.69. The van der Waals surface area contributed by atoms with Crippen LogP contribution in [0.15, 0.2) is 90.6 Å². The average Bonchev–Trinajstić information content (AvgIpc) is 3.57. The predicted molar refractivity (Wildman–Crippen MR) is 202 cm³/mol. The van der Waals surface area contributed by atoms with Crippen LogP contribution >= 0.6 is 23.2 Å². The maximum Gasteiger partial charge on any atom is 0.417 e. The van der Waals surface area contributed by atoms with Gasteiger partial charge >= 0.3 is 12.1 Å². The highest BCUT2D eigenvalue weighted by atomic mass is 35.5. The number of imide groups is 2. The molecular formula is C41H31Cl2F3N4O8. The Bertz CT molecular complexity index is 2460. The Morgan fingerprint density at radius 1 is 0.983 bits per heavy atom. The Kier molecular flexibility index (Phi) is 9.51. The highest BCUT2D eigenvalue weighted by Crippen LogP contribution is 2.64. The predicted octanol–water partition coefficient (Wildman–Crippen LogP) is 7.40. The molecule has 1 saturated carbocycles. The fourth-order valence-corrected chi connectivity index (χ4v) is 9.51. The number of hydrazine groups is 1. The van der Waals surface area contributed by atoms with Gasteiger partial charge in [-0.05, 0) is 85.3 Å². The van der Waals surface area contributed by atoms with Gasteiger partial charge in [0, 0.05) is 17.1 Å². The molecule has 8 rings (SSSR count). The highest BCUT2D eigenvalue weighted by molar-refractivity contribution is 6.33. The number of carbonyl (C=O) groups excluding carboxylic acids is 4. The molecule has 0 radical (unpaired) electrons. The van der Waals surface area contributed by atoms with E-state index in [-0.39, 0.29) is 42.2 Å². The minimum atomic E-state index is -4.78. The van der Waals surface area contributed by atoms with Crippen LogP contribution in [0.2, 0.25) is 10.0 Å². The molecule has 6 unspecified atom stereocenters. The topological polar surface area (TPSA) is 166 Å². The molecule has 17 heteroatoms. The Balaban J connectivity index is 1.31. The summed E-state index contributed by atoms with van der Waals surface area (Å²) >= 11 is 12.6. The number of pyridine rings is 1. The van der Waals surface area contributed by atoms with Crippen LogP contribution in [0.4, 0.5) is 24.7 Å². The normalized spacial score (nSPS) is 25.3. The van der Waals surface area contributed by atoms with Gasteiger partial charge in [-0.15, -0.1) is 0 Å². The number of phenols is 1. The van der Waals surface area contributed by atoms with Gasteiger partial charge in [-0.3, -0.25) is 29.5 Å². The van der Waals surface area contributed by atoms with E-state index < -0.39 is 87.2 Å². The number of benzene rings is 3. The number of carboxylic acid groups (broad SMARTS) is 1. The van der Waals surface area contributed by atoms with E-state index in [4.69, 9.17) is 27.9 Å². The molecule has 4 aliphatic rings. The molecule has 4 aromatic rings. The number of aromatic nitrogens is 1. The molecule has 0 bridgehead atoms. The average molecular weight is 836 g/mol. The van der Waals surface area contributed by atoms with Crippen LogP contribution in [0, 0.1) is 23.7 Å². The zero-order valence-electron chi connectivity index (χ0n) is 30.2. The second kappa shape index (κ2) is 14.2. The molecule has 6 atom stereocenters. The van der Waals surface area contributed by atoms with Crippen LogP contribution < -0.4 is 15.1 Å². The first-order valence-electron chi connectivity index (χ1n) is 18.1. The van der Waals surface area contributed by atoms with Crippen LogP contribution in [0.25, 0.3) is 0 Å². The standard InChI is InChI=1S/C41H31Cl2F3N4O8/c1-2-58-31-15-19(6-13-30(31)51)33-25-11-12-26-32(37(54)49(35(26)52)24-5-3-4-20(14-24)38(55)56)27(25)17-28-36(53)50(39(57)40(28,33)21-7-9-23(42)10-8-21)48-34-29(43)16-22(18-47-34)41(44,45)46/h3-11,13-16,18,26-28,32-33,51H,2,12,17H2,1H3,(H,47,48)(H,55,56). The lowest BCUT2D eigenvalue weighted by Crippen LogP contribution is -2.53. The summed E-state index contributed by atoms with van der Waals surface area (Å²) in [6, 6.07) is 16.8. The van der Waals surface area contributed by atoms with Gasteiger partial charge in [-0.1, -0.05) is 59.1 Å². The molecule has 3 aromatic carbocycles. The lowest BCUT2D eigenvalue weighted by molar-refractivity contribution is -0.139. The largest absolute Gasteiger partial charge is 0.504 e. The number of carboxylic acids is 1. The van der Waals surface area contributed by atoms with E-state index in [1.54, 1.807) is 49.4 Å². The number of phenolic OH excluding ortho intramolecular Hbond substituents is 1. The van der Waals surface area contributed by atoms with E-state index in [0.717, 1.165) is 4.90 Å². The van der Waals surface area contributed by atoms with E-state index in [1.165, 1.54) is 30.3 Å². The van der Waals surface area contributed by atoms with Crippen molar-refractivity contribution in [2.24, 2.45) is 23.7 Å². The Morgan fingerprint density at radius 3 is 2.40 bits per heavy atom. The maximum atomic E-state index is 15.4. The molecule has 3 fully saturated rings. The monoisotopic (exact) mass is 834 g/mol. The SMILES string of the molecule is CCOc1cc(C2C3=CCC4C(=O)N(c5cccc(C(=O)O)c5)C(=O)C4C3CC3C(=O)N(Nc4ncc(C(F)(F)F)cc4Cl)C(=O)C32c2ccc(Cl)cc2)ccc1O. The smallest absolute Gasteiger partial charge is 0.417 e. The number of rotatable bonds is 8. The fourth-order valence-electron chi connectivity index (χ4n) is 9.17. The summed E-state index contributed by atoms with van der Waals surface area (Å²) in [4.78, 5) is 75.5. The van der Waals surface area contributed by atoms with E-state index in [0.29, 0.717) is 39.0 Å². The lowest BCUT2D eigenvalue weighted by Gasteiger charge is -2.50. The summed E-state index contributed by atoms with van der Waals surface area (Å²) < 4.78 is 46.3. The van der Waals surface area contributed by atoms with E-state index in [2.05, 4.69) is 10.4 Å². The van der Waals surface area contributed by atoms with Gasteiger partial charge in [-0.2, -0.15) is 18.2 Å². The summed E-state index contributed by atoms with van der Waals surface area (Å²) in [7, 11) is 0. The Labute approximate surface area is 337 Å². The number of alkyl halides is 3. The molecule has 2 saturated heterocycles. The third-order valence-electron chi connectivity index (χ3n) is 11.5. The number of halogens is 5. The summed E-state index contributed by atoms with van der Waals surface area (Å²) in [5, 5.41) is 20.9. The van der Waals surface area contributed by atoms with Crippen LogP contribution in [0.3, 0.4) is 0 Å². The van der Waals surface area contributed by atoms with Crippen LogP contribution in [0.1, 0.15) is 52.7 Å². The van der Waals surface area contributed by atoms with Gasteiger partial charge in [0.2, 0.25) is 11.8 Å². The first kappa shape index (κ1) is 38.9.